The third-order valence-corrected chi connectivity index (χ3v) is 2.34. The van der Waals surface area contributed by atoms with Crippen LogP contribution in [0.25, 0.3) is 0 Å². The zero-order valence-corrected chi connectivity index (χ0v) is 8.00. The number of hydrogen-bond acceptors (Lipinski definition) is 3. The van der Waals surface area contributed by atoms with Gasteiger partial charge in [0.25, 0.3) is 0 Å². The van der Waals surface area contributed by atoms with Crippen molar-refractivity contribution < 1.29 is 14.3 Å². The Balaban J connectivity index is 2.85. The Bertz CT molecular complexity index is 255. The van der Waals surface area contributed by atoms with Gasteiger partial charge < -0.3 is 9.47 Å². The van der Waals surface area contributed by atoms with E-state index in [0.29, 0.717) is 13.2 Å². The number of carbonyl (C=O) groups excluding carboxylic acids is 1. The van der Waals surface area contributed by atoms with Crippen LogP contribution >= 0.6 is 0 Å². The van der Waals surface area contributed by atoms with E-state index in [9.17, 15) is 4.79 Å². The molecular formula is C10H14O3. The lowest BCUT2D eigenvalue weighted by molar-refractivity contribution is -0.134. The van der Waals surface area contributed by atoms with Crippen LogP contribution in [-0.4, -0.2) is 26.3 Å². The van der Waals surface area contributed by atoms with E-state index in [2.05, 4.69) is 11.3 Å². The number of hydrogen-bond donors (Lipinski definition) is 0. The van der Waals surface area contributed by atoms with Crippen molar-refractivity contribution >= 4 is 5.97 Å². The van der Waals surface area contributed by atoms with Crippen LogP contribution in [0.1, 0.15) is 6.92 Å². The number of methoxy groups -OCH3 is 1. The summed E-state index contributed by atoms with van der Waals surface area (Å²) in [6, 6.07) is 0. The summed E-state index contributed by atoms with van der Waals surface area (Å²) < 4.78 is 9.81. The smallest absolute Gasteiger partial charge is 0.330 e. The van der Waals surface area contributed by atoms with Crippen molar-refractivity contribution in [3.63, 3.8) is 0 Å². The summed E-state index contributed by atoms with van der Waals surface area (Å²) in [6.07, 6.45) is 3.28. The van der Waals surface area contributed by atoms with E-state index in [0.717, 1.165) is 5.57 Å². The first-order valence-corrected chi connectivity index (χ1v) is 4.13. The normalized spacial score (nSPS) is 30.5. The minimum Gasteiger partial charge on any atom is -0.466 e. The van der Waals surface area contributed by atoms with E-state index in [1.165, 1.54) is 13.2 Å². The van der Waals surface area contributed by atoms with Gasteiger partial charge in [-0.2, -0.15) is 0 Å². The summed E-state index contributed by atoms with van der Waals surface area (Å²) in [5.74, 6) is -0.339. The second-order valence-corrected chi connectivity index (χ2v) is 3.31. The van der Waals surface area contributed by atoms with Gasteiger partial charge in [0.15, 0.2) is 0 Å². The molecule has 0 aromatic heterocycles. The minimum absolute atomic E-state index is 0.214. The Labute approximate surface area is 78.0 Å². The molecule has 0 amide bonds. The molecule has 3 nitrogen and oxygen atoms in total. The Morgan fingerprint density at radius 2 is 2.46 bits per heavy atom. The highest BCUT2D eigenvalue weighted by Gasteiger charge is 2.32. The van der Waals surface area contributed by atoms with Crippen LogP contribution in [-0.2, 0) is 14.3 Å². The topological polar surface area (TPSA) is 35.5 Å². The maximum absolute atomic E-state index is 11.0. The summed E-state index contributed by atoms with van der Waals surface area (Å²) >= 11 is 0. The molecule has 0 radical (unpaired) electrons. The van der Waals surface area contributed by atoms with Gasteiger partial charge in [-0.05, 0) is 5.57 Å². The zero-order chi connectivity index (χ0) is 9.90. The van der Waals surface area contributed by atoms with Crippen molar-refractivity contribution in [1.29, 1.82) is 0 Å². The molecule has 1 fully saturated rings. The van der Waals surface area contributed by atoms with Gasteiger partial charge in [0, 0.05) is 11.5 Å². The van der Waals surface area contributed by atoms with Crippen molar-refractivity contribution in [3.05, 3.63) is 24.3 Å². The van der Waals surface area contributed by atoms with Crippen LogP contribution in [0.2, 0.25) is 0 Å². The van der Waals surface area contributed by atoms with Gasteiger partial charge in [0.2, 0.25) is 0 Å². The van der Waals surface area contributed by atoms with Crippen LogP contribution in [0.15, 0.2) is 24.3 Å². The standard InChI is InChI=1S/C10H14O3/c1-4-10(2)7-13-6-8(10)5-9(11)12-3/h4-5H,1,6-7H2,2-3H3/b8-5-/t10-/m1/s1. The van der Waals surface area contributed by atoms with Gasteiger partial charge in [-0.25, -0.2) is 4.79 Å². The van der Waals surface area contributed by atoms with E-state index >= 15 is 0 Å². The second kappa shape index (κ2) is 3.75. The molecule has 3 heteroatoms. The second-order valence-electron chi connectivity index (χ2n) is 3.31. The van der Waals surface area contributed by atoms with Gasteiger partial charge in [0.1, 0.15) is 0 Å². The average molecular weight is 182 g/mol. The molecule has 1 saturated heterocycles. The molecule has 0 aromatic carbocycles. The fourth-order valence-corrected chi connectivity index (χ4v) is 1.23. The maximum Gasteiger partial charge on any atom is 0.330 e. The molecule has 0 aliphatic carbocycles. The van der Waals surface area contributed by atoms with Crippen molar-refractivity contribution in [2.24, 2.45) is 5.41 Å². The number of carbonyl (C=O) groups is 1. The quantitative estimate of drug-likeness (QED) is 0.367. The molecule has 13 heavy (non-hydrogen) atoms. The lowest BCUT2D eigenvalue weighted by Crippen LogP contribution is -2.15. The van der Waals surface area contributed by atoms with Gasteiger partial charge >= 0.3 is 5.97 Å². The van der Waals surface area contributed by atoms with E-state index in [1.807, 2.05) is 6.92 Å². The molecule has 0 bridgehead atoms. The zero-order valence-electron chi connectivity index (χ0n) is 8.00. The minimum atomic E-state index is -0.339. The summed E-state index contributed by atoms with van der Waals surface area (Å²) in [6.45, 7) is 6.78. The lowest BCUT2D eigenvalue weighted by atomic mass is 9.85. The Kier molecular flexibility index (Phi) is 2.88. The Morgan fingerprint density at radius 3 is 3.00 bits per heavy atom. The molecule has 1 rings (SSSR count). The van der Waals surface area contributed by atoms with Gasteiger partial charge in [-0.1, -0.05) is 13.0 Å². The van der Waals surface area contributed by atoms with Crippen molar-refractivity contribution in [3.8, 4) is 0 Å². The van der Waals surface area contributed by atoms with Crippen LogP contribution in [0.4, 0.5) is 0 Å². The first kappa shape index (κ1) is 9.99. The third-order valence-electron chi connectivity index (χ3n) is 2.34. The molecule has 1 heterocycles. The molecular weight excluding hydrogens is 168 g/mol. The molecule has 0 N–H and O–H groups in total. The maximum atomic E-state index is 11.0. The summed E-state index contributed by atoms with van der Waals surface area (Å²) in [5.41, 5.74) is 0.711. The fourth-order valence-electron chi connectivity index (χ4n) is 1.23. The predicted octanol–water partition coefficient (Wildman–Crippen LogP) is 1.31. The van der Waals surface area contributed by atoms with Crippen LogP contribution in [0.5, 0.6) is 0 Å². The number of esters is 1. The van der Waals surface area contributed by atoms with Crippen LogP contribution in [0.3, 0.4) is 0 Å². The fraction of sp³-hybridized carbons (Fsp3) is 0.500. The highest BCUT2D eigenvalue weighted by atomic mass is 16.5. The average Bonchev–Trinajstić information content (AvgIpc) is 2.49. The molecule has 0 aromatic rings. The monoisotopic (exact) mass is 182 g/mol. The summed E-state index contributed by atoms with van der Waals surface area (Å²) in [7, 11) is 1.36. The van der Waals surface area contributed by atoms with Crippen molar-refractivity contribution in [1.82, 2.24) is 0 Å². The first-order valence-electron chi connectivity index (χ1n) is 4.13. The Morgan fingerprint density at radius 1 is 1.77 bits per heavy atom. The highest BCUT2D eigenvalue weighted by molar-refractivity contribution is 5.83. The number of rotatable bonds is 2. The van der Waals surface area contributed by atoms with Gasteiger partial charge in [-0.3, -0.25) is 0 Å². The van der Waals surface area contributed by atoms with E-state index < -0.39 is 0 Å². The van der Waals surface area contributed by atoms with Crippen LogP contribution < -0.4 is 0 Å². The summed E-state index contributed by atoms with van der Waals surface area (Å²) in [4.78, 5) is 11.0. The van der Waals surface area contributed by atoms with Gasteiger partial charge in [0.05, 0.1) is 20.3 Å². The SMILES string of the molecule is C=C[C@]1(C)COC/C1=C/C(=O)OC. The van der Waals surface area contributed by atoms with Crippen LogP contribution in [0, 0.1) is 5.41 Å². The van der Waals surface area contributed by atoms with E-state index in [-0.39, 0.29) is 11.4 Å². The lowest BCUT2D eigenvalue weighted by Gasteiger charge is -2.17. The Hall–Kier alpha value is -1.09. The predicted molar refractivity (Wildman–Crippen MR) is 49.2 cm³/mol. The van der Waals surface area contributed by atoms with E-state index in [1.54, 1.807) is 6.08 Å². The van der Waals surface area contributed by atoms with E-state index in [4.69, 9.17) is 4.74 Å². The molecule has 0 unspecified atom stereocenters. The number of ether oxygens (including phenoxy) is 2. The molecule has 0 saturated carbocycles. The molecule has 72 valence electrons. The summed E-state index contributed by atoms with van der Waals surface area (Å²) in [5, 5.41) is 0. The first-order chi connectivity index (χ1) is 6.12. The molecule has 1 aliphatic rings. The van der Waals surface area contributed by atoms with Gasteiger partial charge in [-0.15, -0.1) is 6.58 Å². The third kappa shape index (κ3) is 1.98. The molecule has 0 spiro atoms. The van der Waals surface area contributed by atoms with Crippen molar-refractivity contribution in [2.45, 2.75) is 6.92 Å². The highest BCUT2D eigenvalue weighted by Crippen LogP contribution is 2.34. The molecule has 1 atom stereocenters. The molecule has 1 aliphatic heterocycles. The van der Waals surface area contributed by atoms with Crippen molar-refractivity contribution in [2.75, 3.05) is 20.3 Å². The largest absolute Gasteiger partial charge is 0.466 e.